The summed E-state index contributed by atoms with van der Waals surface area (Å²) in [6, 6.07) is 1.44. The summed E-state index contributed by atoms with van der Waals surface area (Å²) in [5.41, 5.74) is -0.297. The highest BCUT2D eigenvalue weighted by atomic mass is 79.9. The summed E-state index contributed by atoms with van der Waals surface area (Å²) in [5.74, 6) is 0.278. The molecule has 1 aromatic rings. The Morgan fingerprint density at radius 2 is 2.50 bits per heavy atom. The molecule has 0 aliphatic carbocycles. The highest BCUT2D eigenvalue weighted by Crippen LogP contribution is 2.28. The fourth-order valence-electron chi connectivity index (χ4n) is 1.95. The minimum Gasteiger partial charge on any atom is -0.373 e. The molecule has 1 aromatic heterocycles. The molecular weight excluding hydrogens is 302 g/mol. The van der Waals surface area contributed by atoms with Crippen LogP contribution in [0.15, 0.2) is 16.7 Å². The minimum absolute atomic E-state index is 0.0361. The maximum atomic E-state index is 10.9. The Balaban J connectivity index is 2.11. The number of halogens is 1. The first-order chi connectivity index (χ1) is 8.50. The third-order valence-electron chi connectivity index (χ3n) is 2.96. The highest BCUT2D eigenvalue weighted by Gasteiger charge is 2.30. The van der Waals surface area contributed by atoms with Crippen LogP contribution < -0.4 is 5.32 Å². The zero-order chi connectivity index (χ0) is 13.2. The van der Waals surface area contributed by atoms with E-state index in [4.69, 9.17) is 4.74 Å². The van der Waals surface area contributed by atoms with Crippen molar-refractivity contribution in [2.24, 2.45) is 0 Å². The van der Waals surface area contributed by atoms with Crippen molar-refractivity contribution in [1.82, 2.24) is 4.98 Å². The van der Waals surface area contributed by atoms with Crippen molar-refractivity contribution in [2.45, 2.75) is 25.4 Å². The number of ether oxygens (including phenoxy) is 1. The smallest absolute Gasteiger partial charge is 0.312 e. The van der Waals surface area contributed by atoms with E-state index >= 15 is 0 Å². The van der Waals surface area contributed by atoms with Gasteiger partial charge in [-0.1, -0.05) is 0 Å². The van der Waals surface area contributed by atoms with Crippen LogP contribution in [0.2, 0.25) is 0 Å². The van der Waals surface area contributed by atoms with Crippen LogP contribution in [0, 0.1) is 10.1 Å². The van der Waals surface area contributed by atoms with Crippen LogP contribution in [0.25, 0.3) is 0 Å². The van der Waals surface area contributed by atoms with Gasteiger partial charge >= 0.3 is 5.69 Å². The van der Waals surface area contributed by atoms with Crippen molar-refractivity contribution in [3.05, 3.63) is 26.9 Å². The summed E-state index contributed by atoms with van der Waals surface area (Å²) in [6.07, 6.45) is 3.51. The normalized spacial score (nSPS) is 23.0. The fraction of sp³-hybridized carbons (Fsp3) is 0.545. The van der Waals surface area contributed by atoms with E-state index in [2.05, 4.69) is 26.2 Å². The first-order valence-corrected chi connectivity index (χ1v) is 6.47. The lowest BCUT2D eigenvalue weighted by molar-refractivity contribution is -0.384. The van der Waals surface area contributed by atoms with Crippen LogP contribution in [0.5, 0.6) is 0 Å². The monoisotopic (exact) mass is 315 g/mol. The number of pyridine rings is 1. The molecule has 1 saturated heterocycles. The van der Waals surface area contributed by atoms with Gasteiger partial charge in [0.15, 0.2) is 0 Å². The molecule has 7 heteroatoms. The van der Waals surface area contributed by atoms with E-state index in [1.807, 2.05) is 6.92 Å². The van der Waals surface area contributed by atoms with E-state index in [-0.39, 0.29) is 17.1 Å². The number of rotatable bonds is 4. The average Bonchev–Trinajstić information content (AvgIpc) is 2.75. The number of nitro groups is 1. The first-order valence-electron chi connectivity index (χ1n) is 5.68. The Kier molecular flexibility index (Phi) is 3.82. The van der Waals surface area contributed by atoms with Crippen molar-refractivity contribution in [1.29, 1.82) is 0 Å². The molecule has 2 rings (SSSR count). The zero-order valence-electron chi connectivity index (χ0n) is 9.98. The second-order valence-corrected chi connectivity index (χ2v) is 5.45. The van der Waals surface area contributed by atoms with E-state index in [1.165, 1.54) is 12.3 Å². The molecule has 1 unspecified atom stereocenters. The fourth-order valence-corrected chi connectivity index (χ4v) is 2.27. The Morgan fingerprint density at radius 1 is 1.72 bits per heavy atom. The predicted molar refractivity (Wildman–Crippen MR) is 70.7 cm³/mol. The number of nitrogens with zero attached hydrogens (tertiary/aromatic N) is 2. The molecule has 6 nitrogen and oxygen atoms in total. The van der Waals surface area contributed by atoms with E-state index in [0.29, 0.717) is 11.0 Å². The van der Waals surface area contributed by atoms with Gasteiger partial charge in [0, 0.05) is 29.9 Å². The van der Waals surface area contributed by atoms with Gasteiger partial charge in [0.2, 0.25) is 5.82 Å². The Bertz CT molecular complexity index is 461. The molecule has 1 aliphatic rings. The van der Waals surface area contributed by atoms with Gasteiger partial charge in [0.25, 0.3) is 0 Å². The second-order valence-electron chi connectivity index (χ2n) is 4.53. The van der Waals surface area contributed by atoms with Gasteiger partial charge in [0.05, 0.1) is 10.5 Å². The molecular formula is C11H14BrN3O3. The Morgan fingerprint density at radius 3 is 3.11 bits per heavy atom. The largest absolute Gasteiger partial charge is 0.373 e. The molecule has 18 heavy (non-hydrogen) atoms. The van der Waals surface area contributed by atoms with Crippen molar-refractivity contribution < 1.29 is 9.66 Å². The van der Waals surface area contributed by atoms with Gasteiger partial charge in [-0.25, -0.2) is 4.98 Å². The second kappa shape index (κ2) is 5.19. The molecule has 1 fully saturated rings. The van der Waals surface area contributed by atoms with Gasteiger partial charge < -0.3 is 10.1 Å². The molecule has 0 amide bonds. The maximum Gasteiger partial charge on any atom is 0.312 e. The van der Waals surface area contributed by atoms with E-state index in [0.717, 1.165) is 19.4 Å². The summed E-state index contributed by atoms with van der Waals surface area (Å²) >= 11 is 3.17. The predicted octanol–water partition coefficient (Wildman–Crippen LogP) is 2.73. The van der Waals surface area contributed by atoms with Crippen molar-refractivity contribution in [2.75, 3.05) is 18.5 Å². The summed E-state index contributed by atoms with van der Waals surface area (Å²) in [5, 5.41) is 13.9. The van der Waals surface area contributed by atoms with Crippen LogP contribution in [-0.2, 0) is 4.74 Å². The van der Waals surface area contributed by atoms with Gasteiger partial charge in [-0.15, -0.1) is 0 Å². The van der Waals surface area contributed by atoms with Gasteiger partial charge in [0.1, 0.15) is 0 Å². The quantitative estimate of drug-likeness (QED) is 0.682. The number of aromatic nitrogens is 1. The standard InChI is InChI=1S/C11H14BrN3O3/c1-11(3-2-4-18-11)7-14-10-9(15(16)17)5-8(12)6-13-10/h5-6H,2-4,7H2,1H3,(H,13,14). The van der Waals surface area contributed by atoms with Crippen molar-refractivity contribution >= 4 is 27.4 Å². The zero-order valence-corrected chi connectivity index (χ0v) is 11.6. The van der Waals surface area contributed by atoms with Crippen LogP contribution in [0.3, 0.4) is 0 Å². The SMILES string of the molecule is CC1(CNc2ncc(Br)cc2[N+](=O)[O-])CCCO1. The number of anilines is 1. The molecule has 0 radical (unpaired) electrons. The summed E-state index contributed by atoms with van der Waals surface area (Å²) in [7, 11) is 0. The van der Waals surface area contributed by atoms with Crippen LogP contribution in [-0.4, -0.2) is 28.7 Å². The minimum atomic E-state index is -0.446. The third kappa shape index (κ3) is 2.97. The molecule has 0 saturated carbocycles. The van der Waals surface area contributed by atoms with Gasteiger partial charge in [-0.05, 0) is 35.7 Å². The van der Waals surface area contributed by atoms with E-state index in [9.17, 15) is 10.1 Å². The molecule has 0 bridgehead atoms. The molecule has 98 valence electrons. The third-order valence-corrected chi connectivity index (χ3v) is 3.39. The number of hydrogen-bond donors (Lipinski definition) is 1. The summed E-state index contributed by atoms with van der Waals surface area (Å²) in [4.78, 5) is 14.5. The Labute approximate surface area is 113 Å². The number of hydrogen-bond acceptors (Lipinski definition) is 5. The van der Waals surface area contributed by atoms with Crippen LogP contribution in [0.1, 0.15) is 19.8 Å². The maximum absolute atomic E-state index is 10.9. The average molecular weight is 316 g/mol. The Hall–Kier alpha value is -1.21. The van der Waals surface area contributed by atoms with Crippen LogP contribution in [0.4, 0.5) is 11.5 Å². The molecule has 1 N–H and O–H groups in total. The molecule has 1 atom stereocenters. The summed E-state index contributed by atoms with van der Waals surface area (Å²) < 4.78 is 6.20. The molecule has 1 aliphatic heterocycles. The lowest BCUT2D eigenvalue weighted by atomic mass is 10.0. The molecule has 2 heterocycles. The van der Waals surface area contributed by atoms with Gasteiger partial charge in [-0.2, -0.15) is 0 Å². The van der Waals surface area contributed by atoms with Gasteiger partial charge in [-0.3, -0.25) is 10.1 Å². The van der Waals surface area contributed by atoms with Crippen molar-refractivity contribution in [3.63, 3.8) is 0 Å². The molecule has 0 spiro atoms. The van der Waals surface area contributed by atoms with Crippen LogP contribution >= 0.6 is 15.9 Å². The van der Waals surface area contributed by atoms with Crippen molar-refractivity contribution in [3.8, 4) is 0 Å². The highest BCUT2D eigenvalue weighted by molar-refractivity contribution is 9.10. The topological polar surface area (TPSA) is 77.3 Å². The lowest BCUT2D eigenvalue weighted by Gasteiger charge is -2.23. The summed E-state index contributed by atoms with van der Waals surface area (Å²) in [6.45, 7) is 3.26. The number of nitrogens with one attached hydrogen (secondary N) is 1. The van der Waals surface area contributed by atoms with E-state index < -0.39 is 4.92 Å². The lowest BCUT2D eigenvalue weighted by Crippen LogP contribution is -2.32. The first kappa shape index (κ1) is 13.2. The van der Waals surface area contributed by atoms with E-state index in [1.54, 1.807) is 0 Å². The molecule has 0 aromatic carbocycles.